The first-order valence-corrected chi connectivity index (χ1v) is 23.5. The molecule has 1 fully saturated rings. The number of carboxylic acid groups (broad SMARTS) is 4. The highest BCUT2D eigenvalue weighted by atomic mass is 16.5. The Balaban J connectivity index is 0.00000124. The molecule has 374 valence electrons. The van der Waals surface area contributed by atoms with Gasteiger partial charge in [0.15, 0.2) is 0 Å². The number of carbonyl (C=O) groups excluding carboxylic acids is 2. The van der Waals surface area contributed by atoms with Crippen LogP contribution in [-0.2, 0) is 39.9 Å². The number of carboxylic acids is 4. The highest BCUT2D eigenvalue weighted by Crippen LogP contribution is 2.23. The molecule has 0 aliphatic carbocycles. The van der Waals surface area contributed by atoms with E-state index in [9.17, 15) is 28.8 Å². The highest BCUT2D eigenvalue weighted by Gasteiger charge is 2.28. The van der Waals surface area contributed by atoms with E-state index in [1.807, 2.05) is 37.5 Å². The molecular weight excluding hydrogens is 837 g/mol. The normalized spacial score (nSPS) is 14.9. The van der Waals surface area contributed by atoms with Crippen molar-refractivity contribution in [1.82, 2.24) is 29.4 Å². The second-order valence-electron chi connectivity index (χ2n) is 18.3. The molecule has 0 atom stereocenters. The van der Waals surface area contributed by atoms with E-state index in [2.05, 4.69) is 65.8 Å². The summed E-state index contributed by atoms with van der Waals surface area (Å²) >= 11 is 0. The predicted molar refractivity (Wildman–Crippen MR) is 254 cm³/mol. The van der Waals surface area contributed by atoms with Crippen molar-refractivity contribution >= 4 is 35.7 Å². The second-order valence-corrected chi connectivity index (χ2v) is 18.3. The van der Waals surface area contributed by atoms with Crippen molar-refractivity contribution in [2.45, 2.75) is 108 Å². The Morgan fingerprint density at radius 1 is 0.554 bits per heavy atom. The number of carbonyl (C=O) groups is 6. The minimum atomic E-state index is -1.02. The van der Waals surface area contributed by atoms with E-state index < -0.39 is 23.9 Å². The topological polar surface area (TPSA) is 212 Å². The van der Waals surface area contributed by atoms with Crippen LogP contribution in [0.4, 0.5) is 0 Å². The Labute approximate surface area is 390 Å². The van der Waals surface area contributed by atoms with E-state index in [1.165, 1.54) is 11.1 Å². The van der Waals surface area contributed by atoms with Crippen LogP contribution in [0.15, 0.2) is 24.3 Å². The van der Waals surface area contributed by atoms with Gasteiger partial charge < -0.3 is 35.0 Å². The summed E-state index contributed by atoms with van der Waals surface area (Å²) in [7, 11) is 0. The molecule has 1 saturated heterocycles. The zero-order chi connectivity index (χ0) is 49.6. The first kappa shape index (κ1) is 60.8. The van der Waals surface area contributed by atoms with Gasteiger partial charge in [0.2, 0.25) is 11.8 Å². The van der Waals surface area contributed by atoms with E-state index in [0.717, 1.165) is 32.2 Å². The molecule has 4 N–H and O–H groups in total. The third-order valence-corrected chi connectivity index (χ3v) is 10.8. The first-order chi connectivity index (χ1) is 30.6. The van der Waals surface area contributed by atoms with Crippen molar-refractivity contribution < 1.29 is 53.9 Å². The van der Waals surface area contributed by atoms with Crippen LogP contribution in [0.3, 0.4) is 0 Å². The quantitative estimate of drug-likeness (QED) is 0.0967. The third kappa shape index (κ3) is 29.9. The minimum Gasteiger partial charge on any atom is -0.480 e. The van der Waals surface area contributed by atoms with Gasteiger partial charge in [-0.2, -0.15) is 0 Å². The van der Waals surface area contributed by atoms with Crippen LogP contribution < -0.4 is 0 Å². The maximum Gasteiger partial charge on any atom is 0.317 e. The Kier molecular flexibility index (Phi) is 31.2. The molecule has 0 bridgehead atoms. The van der Waals surface area contributed by atoms with E-state index in [0.29, 0.717) is 98.0 Å². The fraction of sp³-hybridized carbons (Fsp3) is 0.750. The minimum absolute atomic E-state index is 0.124. The molecule has 1 heterocycles. The molecule has 2 rings (SSSR count). The van der Waals surface area contributed by atoms with Crippen LogP contribution >= 0.6 is 0 Å². The van der Waals surface area contributed by atoms with E-state index in [4.69, 9.17) is 25.2 Å². The molecule has 0 unspecified atom stereocenters. The maximum atomic E-state index is 12.9. The fourth-order valence-electron chi connectivity index (χ4n) is 7.31. The fourth-order valence-corrected chi connectivity index (χ4v) is 7.31. The molecule has 1 aromatic carbocycles. The number of rotatable bonds is 25. The van der Waals surface area contributed by atoms with Gasteiger partial charge in [-0.3, -0.25) is 48.4 Å². The molecular formula is C48H86N6O11. The van der Waals surface area contributed by atoms with Gasteiger partial charge in [-0.1, -0.05) is 91.1 Å². The Hall–Kier alpha value is -4.16. The smallest absolute Gasteiger partial charge is 0.317 e. The van der Waals surface area contributed by atoms with Crippen LogP contribution in [0.5, 0.6) is 0 Å². The van der Waals surface area contributed by atoms with Gasteiger partial charge in [0.25, 0.3) is 0 Å². The zero-order valence-corrected chi connectivity index (χ0v) is 41.6. The summed E-state index contributed by atoms with van der Waals surface area (Å²) in [5.41, 5.74) is 2.17. The molecule has 0 saturated carbocycles. The lowest BCUT2D eigenvalue weighted by atomic mass is 9.92. The zero-order valence-electron chi connectivity index (χ0n) is 41.6. The lowest BCUT2D eigenvalue weighted by molar-refractivity contribution is -0.141. The molecule has 0 spiro atoms. The lowest BCUT2D eigenvalue weighted by Gasteiger charge is -2.35. The molecule has 17 heteroatoms. The monoisotopic (exact) mass is 923 g/mol. The number of unbranched alkanes of at least 4 members (excludes halogenated alkanes) is 2. The van der Waals surface area contributed by atoms with Gasteiger partial charge in [0.1, 0.15) is 0 Å². The number of amides is 2. The molecule has 2 amide bonds. The predicted octanol–water partition coefficient (Wildman–Crippen LogP) is 4.85. The summed E-state index contributed by atoms with van der Waals surface area (Å²) in [5.74, 6) is -3.63. The SMILES string of the molecule is CC.CCCCCC(=O)N(CC)CC(C)(C)COCC(C)(C)CN(CC)C(=O)CCc1ccc(C)cc1.O=C(O)CN1CCN(CC(=O)O)CCN(CC(=O)O)CCN(CC(=O)O)CC1. The van der Waals surface area contributed by atoms with Gasteiger partial charge in [-0.05, 0) is 39.2 Å². The summed E-state index contributed by atoms with van der Waals surface area (Å²) in [6, 6.07) is 8.41. The Bertz CT molecular complexity index is 1430. The molecule has 1 aliphatic heterocycles. The average molecular weight is 923 g/mol. The summed E-state index contributed by atoms with van der Waals surface area (Å²) < 4.78 is 6.18. The first-order valence-electron chi connectivity index (χ1n) is 23.5. The third-order valence-electron chi connectivity index (χ3n) is 10.8. The number of hydrogen-bond donors (Lipinski definition) is 4. The summed E-state index contributed by atoms with van der Waals surface area (Å²) in [6.07, 6.45) is 5.13. The summed E-state index contributed by atoms with van der Waals surface area (Å²) in [5, 5.41) is 36.3. The van der Waals surface area contributed by atoms with Crippen LogP contribution in [0.2, 0.25) is 0 Å². The number of nitrogens with zero attached hydrogens (tertiary/aromatic N) is 6. The van der Waals surface area contributed by atoms with Crippen LogP contribution in [-0.4, -0.2) is 203 Å². The number of ether oxygens (including phenoxy) is 1. The van der Waals surface area contributed by atoms with Crippen molar-refractivity contribution in [3.63, 3.8) is 0 Å². The standard InChI is InChI=1S/C30H52N2O3.C16H28N4O8.C2H6/c1-9-12-13-14-27(33)31(10-2)21-29(5,6)23-35-24-30(7,8)22-32(11-3)28(34)20-19-26-17-15-25(4)16-18-26;21-13(22)9-17-1-2-18(10-14(23)24)5-6-20(12-16(27)28)8-7-19(4-3-17)11-15(25)26;1-2/h15-18H,9-14,19-24H2,1-8H3;1-12H2,(H,21,22)(H,23,24)(H,25,26)(H,27,28);1-2H3. The number of benzene rings is 1. The average Bonchev–Trinajstić information content (AvgIpc) is 3.22. The lowest BCUT2D eigenvalue weighted by Crippen LogP contribution is -2.49. The van der Waals surface area contributed by atoms with Crippen molar-refractivity contribution in [2.24, 2.45) is 10.8 Å². The number of hydrogen-bond acceptors (Lipinski definition) is 11. The molecule has 17 nitrogen and oxygen atoms in total. The van der Waals surface area contributed by atoms with Gasteiger partial charge >= 0.3 is 23.9 Å². The van der Waals surface area contributed by atoms with Gasteiger partial charge in [-0.15, -0.1) is 0 Å². The van der Waals surface area contributed by atoms with Crippen molar-refractivity contribution in [2.75, 3.05) is 118 Å². The van der Waals surface area contributed by atoms with Crippen LogP contribution in [0.25, 0.3) is 0 Å². The van der Waals surface area contributed by atoms with Gasteiger partial charge in [0, 0.05) is 102 Å². The van der Waals surface area contributed by atoms with Crippen molar-refractivity contribution in [1.29, 1.82) is 0 Å². The highest BCUT2D eigenvalue weighted by molar-refractivity contribution is 5.77. The van der Waals surface area contributed by atoms with Crippen LogP contribution in [0.1, 0.15) is 106 Å². The Morgan fingerprint density at radius 2 is 0.877 bits per heavy atom. The van der Waals surface area contributed by atoms with Crippen molar-refractivity contribution in [3.8, 4) is 0 Å². The van der Waals surface area contributed by atoms with Gasteiger partial charge in [-0.25, -0.2) is 0 Å². The number of aliphatic carboxylic acids is 4. The molecule has 65 heavy (non-hydrogen) atoms. The number of aryl methyl sites for hydroxylation is 2. The largest absolute Gasteiger partial charge is 0.480 e. The maximum absolute atomic E-state index is 12.9. The second kappa shape index (κ2) is 33.3. The van der Waals surface area contributed by atoms with E-state index >= 15 is 0 Å². The van der Waals surface area contributed by atoms with Crippen molar-refractivity contribution in [3.05, 3.63) is 35.4 Å². The Morgan fingerprint density at radius 3 is 1.17 bits per heavy atom. The summed E-state index contributed by atoms with van der Waals surface area (Å²) in [6.45, 7) is 26.5. The summed E-state index contributed by atoms with van der Waals surface area (Å²) in [4.78, 5) is 80.3. The molecule has 1 aromatic rings. The van der Waals surface area contributed by atoms with Crippen LogP contribution in [0, 0.1) is 17.8 Å². The molecule has 1 aliphatic rings. The van der Waals surface area contributed by atoms with Gasteiger partial charge in [0.05, 0.1) is 39.4 Å². The molecule has 0 aromatic heterocycles. The van der Waals surface area contributed by atoms with E-state index in [1.54, 1.807) is 19.6 Å². The molecule has 0 radical (unpaired) electrons. The van der Waals surface area contributed by atoms with E-state index in [-0.39, 0.29) is 48.8 Å².